The number of benzene rings is 2. The van der Waals surface area contributed by atoms with Crippen LogP contribution in [0.2, 0.25) is 0 Å². The van der Waals surface area contributed by atoms with Gasteiger partial charge in [-0.25, -0.2) is 4.79 Å². The summed E-state index contributed by atoms with van der Waals surface area (Å²) in [6.07, 6.45) is 1.09. The quantitative estimate of drug-likeness (QED) is 0.612. The minimum atomic E-state index is -0.861. The molecule has 150 valence electrons. The zero-order chi connectivity index (χ0) is 20.4. The molecule has 0 saturated carbocycles. The molecule has 6 heteroatoms. The lowest BCUT2D eigenvalue weighted by molar-refractivity contribution is -0.137. The Hall–Kier alpha value is -3.02. The van der Waals surface area contributed by atoms with E-state index in [1.165, 1.54) is 0 Å². The molecule has 0 fully saturated rings. The Balaban J connectivity index is 2.09. The van der Waals surface area contributed by atoms with Crippen molar-refractivity contribution >= 4 is 12.0 Å². The molecule has 6 nitrogen and oxygen atoms in total. The van der Waals surface area contributed by atoms with Gasteiger partial charge in [-0.05, 0) is 37.0 Å². The number of amides is 2. The number of carbonyl (C=O) groups is 2. The fraction of sp³-hybridized carbons (Fsp3) is 0.364. The molecule has 1 atom stereocenters. The molecule has 0 aliphatic carbocycles. The Bertz CT molecular complexity index is 764. The van der Waals surface area contributed by atoms with Gasteiger partial charge in [0.15, 0.2) is 0 Å². The van der Waals surface area contributed by atoms with E-state index in [1.807, 2.05) is 61.5 Å². The third kappa shape index (κ3) is 6.61. The van der Waals surface area contributed by atoms with Gasteiger partial charge in [-0.2, -0.15) is 0 Å². The number of carboxylic acids is 1. The number of urea groups is 1. The van der Waals surface area contributed by atoms with Gasteiger partial charge in [-0.3, -0.25) is 4.79 Å². The molecule has 0 aliphatic rings. The van der Waals surface area contributed by atoms with Gasteiger partial charge in [0.2, 0.25) is 0 Å². The van der Waals surface area contributed by atoms with Gasteiger partial charge in [-0.15, -0.1) is 0 Å². The number of para-hydroxylation sites is 1. The van der Waals surface area contributed by atoms with Crippen molar-refractivity contribution < 1.29 is 19.4 Å². The molecule has 0 spiro atoms. The van der Waals surface area contributed by atoms with Gasteiger partial charge >= 0.3 is 12.0 Å². The Morgan fingerprint density at radius 2 is 1.79 bits per heavy atom. The molecule has 2 aromatic rings. The number of nitrogens with zero attached hydrogens (tertiary/aromatic N) is 1. The molecule has 0 saturated heterocycles. The van der Waals surface area contributed by atoms with E-state index in [1.54, 1.807) is 12.0 Å². The molecule has 0 aromatic heterocycles. The first-order valence-electron chi connectivity index (χ1n) is 9.43. The Kier molecular flexibility index (Phi) is 8.34. The van der Waals surface area contributed by atoms with Crippen LogP contribution in [0.3, 0.4) is 0 Å². The maximum Gasteiger partial charge on any atom is 0.317 e. The van der Waals surface area contributed by atoms with E-state index in [0.717, 1.165) is 16.9 Å². The summed E-state index contributed by atoms with van der Waals surface area (Å²) < 4.78 is 5.43. The summed E-state index contributed by atoms with van der Waals surface area (Å²) in [6.45, 7) is 2.81. The number of hydrogen-bond donors (Lipinski definition) is 2. The SMILES string of the molecule is COc1ccccc1CC(C)N(Cc1ccccc1)C(=O)NCCCC(=O)O. The summed E-state index contributed by atoms with van der Waals surface area (Å²) in [6, 6.07) is 17.3. The van der Waals surface area contributed by atoms with Crippen molar-refractivity contribution in [2.24, 2.45) is 0 Å². The second-order valence-electron chi connectivity index (χ2n) is 6.71. The van der Waals surface area contributed by atoms with Crippen molar-refractivity contribution in [1.82, 2.24) is 10.2 Å². The third-order valence-corrected chi connectivity index (χ3v) is 4.54. The van der Waals surface area contributed by atoms with Crippen LogP contribution in [-0.2, 0) is 17.8 Å². The fourth-order valence-electron chi connectivity index (χ4n) is 3.04. The normalized spacial score (nSPS) is 11.5. The van der Waals surface area contributed by atoms with E-state index in [0.29, 0.717) is 25.9 Å². The predicted octanol–water partition coefficient (Wildman–Crippen LogP) is 3.70. The number of carboxylic acid groups (broad SMARTS) is 1. The van der Waals surface area contributed by atoms with Crippen LogP contribution in [0.15, 0.2) is 54.6 Å². The van der Waals surface area contributed by atoms with Gasteiger partial charge in [0.25, 0.3) is 0 Å². The van der Waals surface area contributed by atoms with E-state index in [4.69, 9.17) is 9.84 Å². The molecule has 2 rings (SSSR count). The highest BCUT2D eigenvalue weighted by atomic mass is 16.5. The molecule has 0 aliphatic heterocycles. The highest BCUT2D eigenvalue weighted by Crippen LogP contribution is 2.21. The largest absolute Gasteiger partial charge is 0.496 e. The van der Waals surface area contributed by atoms with Crippen LogP contribution in [0.4, 0.5) is 4.79 Å². The van der Waals surface area contributed by atoms with Crippen LogP contribution in [0.5, 0.6) is 5.75 Å². The highest BCUT2D eigenvalue weighted by molar-refractivity contribution is 5.74. The lowest BCUT2D eigenvalue weighted by atomic mass is 10.0. The lowest BCUT2D eigenvalue weighted by Gasteiger charge is -2.30. The maximum atomic E-state index is 12.8. The van der Waals surface area contributed by atoms with Crippen LogP contribution in [0, 0.1) is 0 Å². The highest BCUT2D eigenvalue weighted by Gasteiger charge is 2.21. The summed E-state index contributed by atoms with van der Waals surface area (Å²) in [4.78, 5) is 25.3. The molecule has 0 radical (unpaired) electrons. The van der Waals surface area contributed by atoms with Gasteiger partial charge in [0.05, 0.1) is 7.11 Å². The number of hydrogen-bond acceptors (Lipinski definition) is 3. The number of ether oxygens (including phenoxy) is 1. The van der Waals surface area contributed by atoms with Gasteiger partial charge in [0.1, 0.15) is 5.75 Å². The topological polar surface area (TPSA) is 78.9 Å². The van der Waals surface area contributed by atoms with E-state index < -0.39 is 5.97 Å². The van der Waals surface area contributed by atoms with Crippen molar-refractivity contribution in [2.45, 2.75) is 38.8 Å². The molecule has 0 heterocycles. The molecule has 0 bridgehead atoms. The standard InChI is InChI=1S/C22H28N2O4/c1-17(15-19-11-6-7-12-20(19)28-2)24(16-18-9-4-3-5-10-18)22(27)23-14-8-13-21(25)26/h3-7,9-12,17H,8,13-16H2,1-2H3,(H,23,27)(H,25,26). The van der Waals surface area contributed by atoms with Gasteiger partial charge in [-0.1, -0.05) is 48.5 Å². The van der Waals surface area contributed by atoms with Crippen molar-refractivity contribution in [2.75, 3.05) is 13.7 Å². The number of rotatable bonds is 10. The molecular weight excluding hydrogens is 356 g/mol. The molecular formula is C22H28N2O4. The molecule has 28 heavy (non-hydrogen) atoms. The van der Waals surface area contributed by atoms with E-state index >= 15 is 0 Å². The van der Waals surface area contributed by atoms with Crippen LogP contribution < -0.4 is 10.1 Å². The summed E-state index contributed by atoms with van der Waals surface area (Å²) in [5.74, 6) is -0.0594. The van der Waals surface area contributed by atoms with E-state index in [-0.39, 0.29) is 18.5 Å². The Morgan fingerprint density at radius 3 is 2.46 bits per heavy atom. The molecule has 2 amide bonds. The number of nitrogens with one attached hydrogen (secondary N) is 1. The monoisotopic (exact) mass is 384 g/mol. The van der Waals surface area contributed by atoms with Crippen molar-refractivity contribution in [3.8, 4) is 5.75 Å². The first-order chi connectivity index (χ1) is 13.5. The first-order valence-corrected chi connectivity index (χ1v) is 9.43. The summed E-state index contributed by atoms with van der Waals surface area (Å²) in [5.41, 5.74) is 2.07. The summed E-state index contributed by atoms with van der Waals surface area (Å²) in [7, 11) is 1.64. The van der Waals surface area contributed by atoms with Crippen molar-refractivity contribution in [3.05, 3.63) is 65.7 Å². The minimum Gasteiger partial charge on any atom is -0.496 e. The lowest BCUT2D eigenvalue weighted by Crippen LogP contribution is -2.45. The van der Waals surface area contributed by atoms with Crippen LogP contribution in [0.1, 0.15) is 30.9 Å². The zero-order valence-corrected chi connectivity index (χ0v) is 16.4. The Labute approximate surface area is 166 Å². The van der Waals surface area contributed by atoms with Crippen LogP contribution >= 0.6 is 0 Å². The maximum absolute atomic E-state index is 12.8. The smallest absolute Gasteiger partial charge is 0.317 e. The number of aliphatic carboxylic acids is 1. The average molecular weight is 384 g/mol. The second-order valence-corrected chi connectivity index (χ2v) is 6.71. The van der Waals surface area contributed by atoms with Crippen LogP contribution in [-0.4, -0.2) is 41.7 Å². The zero-order valence-electron chi connectivity index (χ0n) is 16.4. The predicted molar refractivity (Wildman–Crippen MR) is 108 cm³/mol. The number of methoxy groups -OCH3 is 1. The van der Waals surface area contributed by atoms with Gasteiger partial charge < -0.3 is 20.1 Å². The molecule has 2 N–H and O–H groups in total. The molecule has 2 aromatic carbocycles. The van der Waals surface area contributed by atoms with Crippen molar-refractivity contribution in [1.29, 1.82) is 0 Å². The van der Waals surface area contributed by atoms with E-state index in [9.17, 15) is 9.59 Å². The fourth-order valence-corrected chi connectivity index (χ4v) is 3.04. The van der Waals surface area contributed by atoms with Gasteiger partial charge in [0, 0.05) is 25.6 Å². The summed E-state index contributed by atoms with van der Waals surface area (Å²) in [5, 5.41) is 11.6. The Morgan fingerprint density at radius 1 is 1.11 bits per heavy atom. The first kappa shape index (κ1) is 21.3. The molecule has 1 unspecified atom stereocenters. The van der Waals surface area contributed by atoms with Crippen molar-refractivity contribution in [3.63, 3.8) is 0 Å². The second kappa shape index (κ2) is 11.0. The van der Waals surface area contributed by atoms with E-state index in [2.05, 4.69) is 5.32 Å². The third-order valence-electron chi connectivity index (χ3n) is 4.54. The minimum absolute atomic E-state index is 0.0374. The summed E-state index contributed by atoms with van der Waals surface area (Å²) >= 11 is 0. The average Bonchev–Trinajstić information content (AvgIpc) is 2.70. The van der Waals surface area contributed by atoms with Crippen LogP contribution in [0.25, 0.3) is 0 Å². The number of carbonyl (C=O) groups excluding carboxylic acids is 1.